The van der Waals surface area contributed by atoms with Crippen LogP contribution in [0.5, 0.6) is 0 Å². The Morgan fingerprint density at radius 1 is 1.40 bits per heavy atom. The fraction of sp³-hybridized carbons (Fsp3) is 0.444. The van der Waals surface area contributed by atoms with Crippen molar-refractivity contribution >= 4 is 5.71 Å². The van der Waals surface area contributed by atoms with Gasteiger partial charge in [-0.05, 0) is 19.9 Å². The van der Waals surface area contributed by atoms with Gasteiger partial charge in [0.25, 0.3) is 0 Å². The molecule has 0 aromatic carbocycles. The van der Waals surface area contributed by atoms with Crippen LogP contribution in [0.25, 0.3) is 0 Å². The predicted molar refractivity (Wildman–Crippen MR) is 45.2 cm³/mol. The molecule has 1 heteroatoms. The Kier molecular flexibility index (Phi) is 2.05. The van der Waals surface area contributed by atoms with Crippen molar-refractivity contribution < 1.29 is 0 Å². The molecule has 0 aliphatic carbocycles. The van der Waals surface area contributed by atoms with Crippen LogP contribution in [0.3, 0.4) is 0 Å². The molecule has 0 aromatic rings. The lowest BCUT2D eigenvalue weighted by molar-refractivity contribution is 0.988. The first-order chi connectivity index (χ1) is 4.70. The van der Waals surface area contributed by atoms with Crippen molar-refractivity contribution in [3.05, 3.63) is 23.9 Å². The quantitative estimate of drug-likeness (QED) is 0.484. The predicted octanol–water partition coefficient (Wildman–Crippen LogP) is 2.56. The van der Waals surface area contributed by atoms with Crippen LogP contribution >= 0.6 is 0 Å². The number of allylic oxidation sites excluding steroid dienone is 4. The molecule has 0 spiro atoms. The van der Waals surface area contributed by atoms with Gasteiger partial charge in [0.1, 0.15) is 0 Å². The Hall–Kier alpha value is -0.850. The molecule has 1 nitrogen and oxygen atoms in total. The van der Waals surface area contributed by atoms with Gasteiger partial charge in [-0.15, -0.1) is 0 Å². The van der Waals surface area contributed by atoms with Crippen LogP contribution in [-0.2, 0) is 0 Å². The van der Waals surface area contributed by atoms with Gasteiger partial charge in [-0.25, -0.2) is 0 Å². The molecule has 1 rings (SSSR count). The molecular formula is C9H13N. The van der Waals surface area contributed by atoms with E-state index in [2.05, 4.69) is 31.0 Å². The van der Waals surface area contributed by atoms with E-state index in [1.54, 1.807) is 0 Å². The van der Waals surface area contributed by atoms with Crippen LogP contribution < -0.4 is 0 Å². The number of nitrogens with zero attached hydrogens (tertiary/aromatic N) is 1. The van der Waals surface area contributed by atoms with Gasteiger partial charge < -0.3 is 0 Å². The third kappa shape index (κ3) is 1.56. The molecule has 0 bridgehead atoms. The van der Waals surface area contributed by atoms with Gasteiger partial charge in [-0.2, -0.15) is 0 Å². The fourth-order valence-corrected chi connectivity index (χ4v) is 0.918. The average molecular weight is 135 g/mol. The standard InChI is InChI=1S/C9H13N/c1-7-5-4-6-8(2)10-9(7)3/h4-7H,1-3H3. The van der Waals surface area contributed by atoms with E-state index in [4.69, 9.17) is 0 Å². The van der Waals surface area contributed by atoms with Gasteiger partial charge in [0.15, 0.2) is 0 Å². The molecule has 0 saturated carbocycles. The Bertz CT molecular complexity index is 209. The second-order valence-corrected chi connectivity index (χ2v) is 2.73. The highest BCUT2D eigenvalue weighted by Gasteiger charge is 2.02. The minimum atomic E-state index is 0.494. The van der Waals surface area contributed by atoms with Crippen LogP contribution in [0, 0.1) is 5.92 Å². The molecule has 10 heavy (non-hydrogen) atoms. The van der Waals surface area contributed by atoms with E-state index in [0.717, 1.165) is 5.70 Å². The van der Waals surface area contributed by atoms with Crippen LogP contribution in [-0.4, -0.2) is 5.71 Å². The zero-order valence-corrected chi connectivity index (χ0v) is 6.76. The van der Waals surface area contributed by atoms with Gasteiger partial charge in [0.2, 0.25) is 0 Å². The first-order valence-electron chi connectivity index (χ1n) is 3.60. The van der Waals surface area contributed by atoms with Crippen LogP contribution in [0.4, 0.5) is 0 Å². The minimum absolute atomic E-state index is 0.494. The molecule has 0 radical (unpaired) electrons. The molecule has 1 atom stereocenters. The Morgan fingerprint density at radius 2 is 2.10 bits per heavy atom. The topological polar surface area (TPSA) is 12.4 Å². The lowest BCUT2D eigenvalue weighted by Gasteiger charge is -2.02. The summed E-state index contributed by atoms with van der Waals surface area (Å²) in [4.78, 5) is 4.37. The van der Waals surface area contributed by atoms with Crippen molar-refractivity contribution in [2.45, 2.75) is 20.8 Å². The summed E-state index contributed by atoms with van der Waals surface area (Å²) < 4.78 is 0. The van der Waals surface area contributed by atoms with E-state index in [-0.39, 0.29) is 0 Å². The second kappa shape index (κ2) is 2.82. The normalized spacial score (nSPS) is 25.3. The number of hydrogen-bond acceptors (Lipinski definition) is 1. The van der Waals surface area contributed by atoms with Crippen LogP contribution in [0.2, 0.25) is 0 Å². The molecule has 1 unspecified atom stereocenters. The summed E-state index contributed by atoms with van der Waals surface area (Å²) in [6, 6.07) is 0. The van der Waals surface area contributed by atoms with E-state index >= 15 is 0 Å². The highest BCUT2D eigenvalue weighted by Crippen LogP contribution is 2.09. The lowest BCUT2D eigenvalue weighted by Crippen LogP contribution is -2.01. The lowest BCUT2D eigenvalue weighted by atomic mass is 10.1. The van der Waals surface area contributed by atoms with Crippen molar-refractivity contribution in [1.29, 1.82) is 0 Å². The van der Waals surface area contributed by atoms with Gasteiger partial charge >= 0.3 is 0 Å². The summed E-state index contributed by atoms with van der Waals surface area (Å²) in [6.45, 7) is 6.24. The summed E-state index contributed by atoms with van der Waals surface area (Å²) in [6.07, 6.45) is 6.27. The molecule has 0 N–H and O–H groups in total. The number of rotatable bonds is 0. The Balaban J connectivity index is 2.90. The van der Waals surface area contributed by atoms with Gasteiger partial charge in [-0.1, -0.05) is 19.1 Å². The minimum Gasteiger partial charge on any atom is -0.262 e. The summed E-state index contributed by atoms with van der Waals surface area (Å²) in [5.41, 5.74) is 2.29. The maximum absolute atomic E-state index is 4.37. The molecule has 1 heterocycles. The van der Waals surface area contributed by atoms with Crippen LogP contribution in [0.1, 0.15) is 20.8 Å². The van der Waals surface area contributed by atoms with Crippen molar-refractivity contribution in [2.75, 3.05) is 0 Å². The summed E-state index contributed by atoms with van der Waals surface area (Å²) in [7, 11) is 0. The SMILES string of the molecule is CC1=CC=CC(C)C(C)=N1. The van der Waals surface area contributed by atoms with Gasteiger partial charge in [0, 0.05) is 17.3 Å². The monoisotopic (exact) mass is 135 g/mol. The molecule has 0 amide bonds. The third-order valence-electron chi connectivity index (χ3n) is 1.75. The highest BCUT2D eigenvalue weighted by molar-refractivity contribution is 5.86. The fourth-order valence-electron chi connectivity index (χ4n) is 0.918. The molecule has 1 aliphatic heterocycles. The van der Waals surface area contributed by atoms with Crippen molar-refractivity contribution in [3.8, 4) is 0 Å². The summed E-state index contributed by atoms with van der Waals surface area (Å²) >= 11 is 0. The van der Waals surface area contributed by atoms with Crippen molar-refractivity contribution in [2.24, 2.45) is 10.9 Å². The van der Waals surface area contributed by atoms with Crippen molar-refractivity contribution in [1.82, 2.24) is 0 Å². The Labute approximate surface area is 62.2 Å². The largest absolute Gasteiger partial charge is 0.262 e. The molecule has 1 aliphatic rings. The number of aliphatic imine (C=N–C) groups is 1. The van der Waals surface area contributed by atoms with Crippen LogP contribution in [0.15, 0.2) is 28.9 Å². The van der Waals surface area contributed by atoms with E-state index < -0.39 is 0 Å². The van der Waals surface area contributed by atoms with E-state index in [1.807, 2.05) is 13.0 Å². The summed E-state index contributed by atoms with van der Waals surface area (Å²) in [5, 5.41) is 0. The van der Waals surface area contributed by atoms with E-state index in [1.165, 1.54) is 5.71 Å². The first-order valence-corrected chi connectivity index (χ1v) is 3.60. The van der Waals surface area contributed by atoms with E-state index in [9.17, 15) is 0 Å². The maximum atomic E-state index is 4.37. The second-order valence-electron chi connectivity index (χ2n) is 2.73. The maximum Gasteiger partial charge on any atom is 0.0372 e. The number of hydrogen-bond donors (Lipinski definition) is 0. The zero-order valence-electron chi connectivity index (χ0n) is 6.76. The third-order valence-corrected chi connectivity index (χ3v) is 1.75. The molecule has 0 saturated heterocycles. The van der Waals surface area contributed by atoms with Gasteiger partial charge in [-0.3, -0.25) is 4.99 Å². The van der Waals surface area contributed by atoms with Gasteiger partial charge in [0.05, 0.1) is 0 Å². The summed E-state index contributed by atoms with van der Waals surface area (Å²) in [5.74, 6) is 0.494. The zero-order chi connectivity index (χ0) is 7.56. The smallest absolute Gasteiger partial charge is 0.0372 e. The molecule has 0 aromatic heterocycles. The van der Waals surface area contributed by atoms with E-state index in [0.29, 0.717) is 5.92 Å². The average Bonchev–Trinajstić information content (AvgIpc) is 1.96. The highest BCUT2D eigenvalue weighted by atomic mass is 14.7. The molecule has 54 valence electrons. The molecule has 0 fully saturated rings. The van der Waals surface area contributed by atoms with Crippen molar-refractivity contribution in [3.63, 3.8) is 0 Å². The first kappa shape index (κ1) is 7.26. The Morgan fingerprint density at radius 3 is 2.80 bits per heavy atom. The molecular weight excluding hydrogens is 122 g/mol.